The topological polar surface area (TPSA) is 85.8 Å². The molecule has 2 heterocycles. The number of hydrogen-bond acceptors (Lipinski definition) is 4. The summed E-state index contributed by atoms with van der Waals surface area (Å²) < 4.78 is 8.01. The molecule has 6 nitrogen and oxygen atoms in total. The lowest BCUT2D eigenvalue weighted by atomic mass is 10.1. The molecular weight excluding hydrogens is 458 g/mol. The molecule has 31 heavy (non-hydrogen) atoms. The number of ether oxygens (including phenoxy) is 1. The van der Waals surface area contributed by atoms with E-state index in [1.807, 2.05) is 19.1 Å². The average Bonchev–Trinajstić information content (AvgIpc) is 3.07. The third-order valence-corrected chi connectivity index (χ3v) is 5.38. The first-order valence-corrected chi connectivity index (χ1v) is 10.5. The number of benzene rings is 2. The van der Waals surface area contributed by atoms with Gasteiger partial charge in [-0.2, -0.15) is 0 Å². The molecule has 156 valence electrons. The molecule has 3 N–H and O–H groups in total. The molecule has 0 fully saturated rings. The van der Waals surface area contributed by atoms with E-state index >= 15 is 0 Å². The van der Waals surface area contributed by atoms with Gasteiger partial charge in [-0.25, -0.2) is 0 Å². The van der Waals surface area contributed by atoms with Crippen LogP contribution in [0.1, 0.15) is 33.3 Å². The number of nitrogens with two attached hydrogens (primary N) is 1. The van der Waals surface area contributed by atoms with Crippen molar-refractivity contribution >= 4 is 44.5 Å². The van der Waals surface area contributed by atoms with Gasteiger partial charge in [0.05, 0.1) is 23.4 Å². The van der Waals surface area contributed by atoms with Crippen LogP contribution in [0.3, 0.4) is 0 Å². The van der Waals surface area contributed by atoms with Gasteiger partial charge in [0.2, 0.25) is 5.78 Å². The first-order valence-electron chi connectivity index (χ1n) is 9.72. The van der Waals surface area contributed by atoms with Crippen molar-refractivity contribution in [1.82, 2.24) is 4.40 Å². The molecule has 0 aliphatic rings. The number of nitrogens with one attached hydrogen (secondary N) is 1. The molecule has 4 rings (SSSR count). The van der Waals surface area contributed by atoms with E-state index < -0.39 is 0 Å². The van der Waals surface area contributed by atoms with Crippen molar-refractivity contribution in [3.05, 3.63) is 94.2 Å². The molecule has 2 aromatic carbocycles. The fourth-order valence-electron chi connectivity index (χ4n) is 3.43. The Bertz CT molecular complexity index is 1260. The smallest absolute Gasteiger partial charge is 0.259 e. The lowest BCUT2D eigenvalue weighted by molar-refractivity contribution is 0.102. The Kier molecular flexibility index (Phi) is 5.77. The van der Waals surface area contributed by atoms with Gasteiger partial charge in [0, 0.05) is 21.9 Å². The zero-order valence-electron chi connectivity index (χ0n) is 16.8. The summed E-state index contributed by atoms with van der Waals surface area (Å²) in [7, 11) is 0. The second-order valence-corrected chi connectivity index (χ2v) is 7.76. The van der Waals surface area contributed by atoms with E-state index in [4.69, 9.17) is 10.5 Å². The van der Waals surface area contributed by atoms with Gasteiger partial charge in [0.15, 0.2) is 0 Å². The molecule has 0 radical (unpaired) electrons. The Hall–Kier alpha value is -3.58. The molecule has 0 saturated heterocycles. The summed E-state index contributed by atoms with van der Waals surface area (Å²) >= 11 is 3.37. The summed E-state index contributed by atoms with van der Waals surface area (Å²) in [4.78, 5) is 26.4. The van der Waals surface area contributed by atoms with Gasteiger partial charge in [-0.3, -0.25) is 9.59 Å². The standard InChI is InChI=1S/C24H20BrN3O3/c1-2-31-18-12-6-15(7-13-18)23(29)22-21(26)20(19-5-3-4-14-28(19)22)24(30)27-17-10-8-16(25)9-11-17/h3-14H,2,26H2,1H3,(H,27,30). The predicted octanol–water partition coefficient (Wildman–Crippen LogP) is 5.17. The lowest BCUT2D eigenvalue weighted by Crippen LogP contribution is -2.14. The fourth-order valence-corrected chi connectivity index (χ4v) is 3.70. The van der Waals surface area contributed by atoms with E-state index in [2.05, 4.69) is 21.2 Å². The molecule has 0 spiro atoms. The zero-order valence-corrected chi connectivity index (χ0v) is 18.3. The summed E-state index contributed by atoms with van der Waals surface area (Å²) in [5, 5.41) is 2.85. The highest BCUT2D eigenvalue weighted by Gasteiger charge is 2.26. The van der Waals surface area contributed by atoms with Gasteiger partial charge in [-0.05, 0) is 67.6 Å². The maximum Gasteiger partial charge on any atom is 0.259 e. The number of hydrogen-bond donors (Lipinski definition) is 2. The summed E-state index contributed by atoms with van der Waals surface area (Å²) in [5.41, 5.74) is 8.67. The van der Waals surface area contributed by atoms with E-state index in [0.29, 0.717) is 29.1 Å². The highest BCUT2D eigenvalue weighted by Crippen LogP contribution is 2.30. The number of carbonyl (C=O) groups is 2. The third-order valence-electron chi connectivity index (χ3n) is 4.85. The number of rotatable bonds is 6. The fraction of sp³-hybridized carbons (Fsp3) is 0.0833. The van der Waals surface area contributed by atoms with Crippen molar-refractivity contribution < 1.29 is 14.3 Å². The van der Waals surface area contributed by atoms with Crippen molar-refractivity contribution in [3.8, 4) is 5.75 Å². The molecule has 0 aliphatic heterocycles. The van der Waals surface area contributed by atoms with E-state index in [0.717, 1.165) is 4.47 Å². The van der Waals surface area contributed by atoms with Gasteiger partial charge in [0.1, 0.15) is 11.4 Å². The number of anilines is 2. The minimum Gasteiger partial charge on any atom is -0.494 e. The second kappa shape index (κ2) is 8.65. The number of ketones is 1. The van der Waals surface area contributed by atoms with Gasteiger partial charge in [-0.1, -0.05) is 22.0 Å². The first-order chi connectivity index (χ1) is 15.0. The van der Waals surface area contributed by atoms with Crippen molar-refractivity contribution in [2.24, 2.45) is 0 Å². The van der Waals surface area contributed by atoms with E-state index in [9.17, 15) is 9.59 Å². The van der Waals surface area contributed by atoms with Crippen LogP contribution in [0.4, 0.5) is 11.4 Å². The molecule has 1 amide bonds. The molecular formula is C24H20BrN3O3. The number of nitrogens with zero attached hydrogens (tertiary/aromatic N) is 1. The van der Waals surface area contributed by atoms with Crippen LogP contribution in [0.5, 0.6) is 5.75 Å². The van der Waals surface area contributed by atoms with Crippen LogP contribution in [-0.4, -0.2) is 22.7 Å². The Morgan fingerprint density at radius 1 is 1.03 bits per heavy atom. The molecule has 0 unspecified atom stereocenters. The van der Waals surface area contributed by atoms with E-state index in [1.54, 1.807) is 65.2 Å². The minimum absolute atomic E-state index is 0.139. The first kappa shape index (κ1) is 20.7. The molecule has 0 saturated carbocycles. The molecule has 0 bridgehead atoms. The third kappa shape index (κ3) is 4.04. The highest BCUT2D eigenvalue weighted by molar-refractivity contribution is 9.10. The Morgan fingerprint density at radius 2 is 1.74 bits per heavy atom. The molecule has 4 aromatic rings. The van der Waals surface area contributed by atoms with Gasteiger partial charge in [0.25, 0.3) is 5.91 Å². The van der Waals surface area contributed by atoms with Crippen LogP contribution < -0.4 is 15.8 Å². The van der Waals surface area contributed by atoms with Crippen molar-refractivity contribution in [2.75, 3.05) is 17.7 Å². The Balaban J connectivity index is 1.75. The number of amides is 1. The average molecular weight is 478 g/mol. The van der Waals surface area contributed by atoms with Crippen LogP contribution in [0.2, 0.25) is 0 Å². The van der Waals surface area contributed by atoms with Crippen molar-refractivity contribution in [1.29, 1.82) is 0 Å². The molecule has 0 aliphatic carbocycles. The minimum atomic E-state index is -0.380. The molecule has 0 atom stereocenters. The maximum absolute atomic E-state index is 13.3. The van der Waals surface area contributed by atoms with Crippen LogP contribution in [0.25, 0.3) is 5.52 Å². The Labute approximate surface area is 187 Å². The zero-order chi connectivity index (χ0) is 22.0. The maximum atomic E-state index is 13.3. The number of pyridine rings is 1. The Morgan fingerprint density at radius 3 is 2.42 bits per heavy atom. The monoisotopic (exact) mass is 477 g/mol. The van der Waals surface area contributed by atoms with Crippen molar-refractivity contribution in [3.63, 3.8) is 0 Å². The number of fused-ring (bicyclic) bond motifs is 1. The summed E-state index contributed by atoms with van der Waals surface area (Å²) in [6.07, 6.45) is 1.73. The van der Waals surface area contributed by atoms with Gasteiger partial charge >= 0.3 is 0 Å². The quantitative estimate of drug-likeness (QED) is 0.375. The summed E-state index contributed by atoms with van der Waals surface area (Å²) in [6, 6.07) is 19.4. The number of aromatic nitrogens is 1. The van der Waals surface area contributed by atoms with Gasteiger partial charge < -0.3 is 20.2 Å². The normalized spacial score (nSPS) is 10.8. The SMILES string of the molecule is CCOc1ccc(C(=O)c2c(N)c(C(=O)Nc3ccc(Br)cc3)c3ccccn23)cc1. The largest absolute Gasteiger partial charge is 0.494 e. The predicted molar refractivity (Wildman–Crippen MR) is 125 cm³/mol. The molecule has 7 heteroatoms. The summed E-state index contributed by atoms with van der Waals surface area (Å²) in [6.45, 7) is 2.44. The second-order valence-electron chi connectivity index (χ2n) is 6.84. The highest BCUT2D eigenvalue weighted by atomic mass is 79.9. The van der Waals surface area contributed by atoms with Crippen LogP contribution in [-0.2, 0) is 0 Å². The van der Waals surface area contributed by atoms with Gasteiger partial charge in [-0.15, -0.1) is 0 Å². The van der Waals surface area contributed by atoms with Crippen molar-refractivity contribution in [2.45, 2.75) is 6.92 Å². The van der Waals surface area contributed by atoms with E-state index in [1.165, 1.54) is 0 Å². The lowest BCUT2D eigenvalue weighted by Gasteiger charge is -2.06. The van der Waals surface area contributed by atoms with E-state index in [-0.39, 0.29) is 28.6 Å². The number of nitrogen functional groups attached to an aromatic ring is 1. The number of halogens is 1. The van der Waals surface area contributed by atoms with Crippen LogP contribution in [0.15, 0.2) is 77.4 Å². The number of carbonyl (C=O) groups excluding carboxylic acids is 2. The van der Waals surface area contributed by atoms with Crippen LogP contribution >= 0.6 is 15.9 Å². The summed E-state index contributed by atoms with van der Waals surface area (Å²) in [5.74, 6) is 0.0281. The van der Waals surface area contributed by atoms with Crippen LogP contribution in [0, 0.1) is 0 Å². The molecule has 2 aromatic heterocycles.